The third-order valence-corrected chi connectivity index (χ3v) is 4.03. The average molecular weight is 269 g/mol. The standard InChI is InChI=1S/C14H27N3O2/c1-11(10-17-7-3-2-4-8-17)16-14(18)13-6-5-12(9-15)19-13/h11-13H,2-10,15H2,1H3,(H,16,18). The van der Waals surface area contributed by atoms with Crippen LogP contribution in [0, 0.1) is 0 Å². The number of nitrogens with one attached hydrogen (secondary N) is 1. The van der Waals surface area contributed by atoms with Crippen LogP contribution in [0.25, 0.3) is 0 Å². The van der Waals surface area contributed by atoms with Crippen LogP contribution in [0.5, 0.6) is 0 Å². The summed E-state index contributed by atoms with van der Waals surface area (Å²) in [5, 5.41) is 3.07. The maximum atomic E-state index is 12.1. The van der Waals surface area contributed by atoms with E-state index >= 15 is 0 Å². The zero-order chi connectivity index (χ0) is 13.7. The molecule has 1 amide bonds. The molecule has 2 saturated heterocycles. The van der Waals surface area contributed by atoms with Crippen molar-refractivity contribution in [2.45, 2.75) is 57.3 Å². The second-order valence-corrected chi connectivity index (χ2v) is 5.83. The quantitative estimate of drug-likeness (QED) is 0.762. The molecule has 3 atom stereocenters. The van der Waals surface area contributed by atoms with Crippen molar-refractivity contribution in [3.63, 3.8) is 0 Å². The lowest BCUT2D eigenvalue weighted by atomic mass is 10.1. The summed E-state index contributed by atoms with van der Waals surface area (Å²) >= 11 is 0. The van der Waals surface area contributed by atoms with Crippen molar-refractivity contribution in [1.29, 1.82) is 0 Å². The fourth-order valence-electron chi connectivity index (χ4n) is 2.98. The second-order valence-electron chi connectivity index (χ2n) is 5.83. The molecule has 0 bridgehead atoms. The molecule has 0 aliphatic carbocycles. The first-order valence-electron chi connectivity index (χ1n) is 7.57. The zero-order valence-electron chi connectivity index (χ0n) is 11.9. The summed E-state index contributed by atoms with van der Waals surface area (Å²) in [5.41, 5.74) is 5.56. The van der Waals surface area contributed by atoms with Gasteiger partial charge in [0.1, 0.15) is 6.10 Å². The molecular weight excluding hydrogens is 242 g/mol. The summed E-state index contributed by atoms with van der Waals surface area (Å²) in [6.07, 6.45) is 5.37. The minimum Gasteiger partial charge on any atom is -0.364 e. The van der Waals surface area contributed by atoms with Crippen LogP contribution in [0.15, 0.2) is 0 Å². The maximum Gasteiger partial charge on any atom is 0.249 e. The van der Waals surface area contributed by atoms with Crippen molar-refractivity contribution in [2.75, 3.05) is 26.2 Å². The number of likely N-dealkylation sites (tertiary alicyclic amines) is 1. The first-order chi connectivity index (χ1) is 9.19. The van der Waals surface area contributed by atoms with Gasteiger partial charge in [-0.25, -0.2) is 0 Å². The molecule has 3 unspecified atom stereocenters. The molecule has 5 heteroatoms. The molecule has 3 N–H and O–H groups in total. The van der Waals surface area contributed by atoms with E-state index in [1.165, 1.54) is 19.3 Å². The Bertz CT molecular complexity index is 292. The molecule has 0 spiro atoms. The van der Waals surface area contributed by atoms with Crippen LogP contribution in [0.2, 0.25) is 0 Å². The molecule has 2 fully saturated rings. The number of amides is 1. The van der Waals surface area contributed by atoms with Crippen LogP contribution < -0.4 is 11.1 Å². The molecular formula is C14H27N3O2. The summed E-state index contributed by atoms with van der Waals surface area (Å²) in [5.74, 6) is 0.0282. The van der Waals surface area contributed by atoms with Crippen LogP contribution >= 0.6 is 0 Å². The van der Waals surface area contributed by atoms with E-state index in [1.54, 1.807) is 0 Å². The highest BCUT2D eigenvalue weighted by Crippen LogP contribution is 2.19. The smallest absolute Gasteiger partial charge is 0.249 e. The number of nitrogens with zero attached hydrogens (tertiary/aromatic N) is 1. The summed E-state index contributed by atoms with van der Waals surface area (Å²) < 4.78 is 5.61. The fourth-order valence-corrected chi connectivity index (χ4v) is 2.98. The number of hydrogen-bond donors (Lipinski definition) is 2. The molecule has 2 aliphatic heterocycles. The molecule has 19 heavy (non-hydrogen) atoms. The Labute approximate surface area is 115 Å². The van der Waals surface area contributed by atoms with Crippen LogP contribution in [0.1, 0.15) is 39.0 Å². The Kier molecular flexibility index (Phi) is 5.60. The minimum absolute atomic E-state index is 0.0282. The molecule has 2 heterocycles. The Balaban J connectivity index is 1.69. The Morgan fingerprint density at radius 1 is 1.37 bits per heavy atom. The lowest BCUT2D eigenvalue weighted by molar-refractivity contribution is -0.132. The van der Waals surface area contributed by atoms with Gasteiger partial charge in [-0.2, -0.15) is 0 Å². The van der Waals surface area contributed by atoms with Crippen LogP contribution in [0.3, 0.4) is 0 Å². The average Bonchev–Trinajstić information content (AvgIpc) is 2.88. The monoisotopic (exact) mass is 269 g/mol. The molecule has 0 radical (unpaired) electrons. The van der Waals surface area contributed by atoms with Gasteiger partial charge in [-0.3, -0.25) is 4.79 Å². The Morgan fingerprint density at radius 3 is 2.74 bits per heavy atom. The number of carbonyl (C=O) groups excluding carboxylic acids is 1. The van der Waals surface area contributed by atoms with Gasteiger partial charge in [-0.1, -0.05) is 6.42 Å². The third-order valence-electron chi connectivity index (χ3n) is 4.03. The Hall–Kier alpha value is -0.650. The van der Waals surface area contributed by atoms with E-state index in [0.29, 0.717) is 6.54 Å². The van der Waals surface area contributed by atoms with Crippen LogP contribution in [-0.4, -0.2) is 55.2 Å². The van der Waals surface area contributed by atoms with Crippen molar-refractivity contribution in [2.24, 2.45) is 5.73 Å². The van der Waals surface area contributed by atoms with Gasteiger partial charge in [0, 0.05) is 19.1 Å². The highest BCUT2D eigenvalue weighted by Gasteiger charge is 2.30. The molecule has 110 valence electrons. The van der Waals surface area contributed by atoms with Gasteiger partial charge in [-0.15, -0.1) is 0 Å². The van der Waals surface area contributed by atoms with Gasteiger partial charge in [-0.05, 0) is 45.7 Å². The van der Waals surface area contributed by atoms with Gasteiger partial charge in [0.2, 0.25) is 5.91 Å². The van der Waals surface area contributed by atoms with Gasteiger partial charge in [0.15, 0.2) is 0 Å². The SMILES string of the molecule is CC(CN1CCCCC1)NC(=O)C1CCC(CN)O1. The van der Waals surface area contributed by atoms with Crippen molar-refractivity contribution in [1.82, 2.24) is 10.2 Å². The van der Waals surface area contributed by atoms with Crippen molar-refractivity contribution in [3.8, 4) is 0 Å². The number of hydrogen-bond acceptors (Lipinski definition) is 4. The molecule has 0 aromatic carbocycles. The number of nitrogens with two attached hydrogens (primary N) is 1. The Morgan fingerprint density at radius 2 is 2.11 bits per heavy atom. The predicted octanol–water partition coefficient (Wildman–Crippen LogP) is 0.483. The summed E-state index contributed by atoms with van der Waals surface area (Å²) in [7, 11) is 0. The van der Waals surface area contributed by atoms with Crippen molar-refractivity contribution in [3.05, 3.63) is 0 Å². The third kappa shape index (κ3) is 4.44. The minimum atomic E-state index is -0.294. The molecule has 0 saturated carbocycles. The lowest BCUT2D eigenvalue weighted by Gasteiger charge is -2.29. The first kappa shape index (κ1) is 14.8. The normalized spacial score (nSPS) is 30.2. The number of ether oxygens (including phenoxy) is 1. The van der Waals surface area contributed by atoms with Gasteiger partial charge in [0.25, 0.3) is 0 Å². The van der Waals surface area contributed by atoms with Gasteiger partial charge < -0.3 is 20.7 Å². The highest BCUT2D eigenvalue weighted by atomic mass is 16.5. The number of piperidine rings is 1. The van der Waals surface area contributed by atoms with E-state index in [0.717, 1.165) is 32.5 Å². The molecule has 2 rings (SSSR count). The van der Waals surface area contributed by atoms with Crippen LogP contribution in [-0.2, 0) is 9.53 Å². The second kappa shape index (κ2) is 7.22. The maximum absolute atomic E-state index is 12.1. The molecule has 0 aromatic rings. The molecule has 2 aliphatic rings. The van der Waals surface area contributed by atoms with E-state index in [2.05, 4.69) is 17.1 Å². The van der Waals surface area contributed by atoms with E-state index in [-0.39, 0.29) is 24.2 Å². The first-order valence-corrected chi connectivity index (χ1v) is 7.57. The van der Waals surface area contributed by atoms with Gasteiger partial charge >= 0.3 is 0 Å². The topological polar surface area (TPSA) is 67.6 Å². The lowest BCUT2D eigenvalue weighted by Crippen LogP contribution is -2.46. The summed E-state index contributed by atoms with van der Waals surface area (Å²) in [6.45, 7) is 5.85. The predicted molar refractivity (Wildman–Crippen MR) is 74.8 cm³/mol. The molecule has 0 aromatic heterocycles. The largest absolute Gasteiger partial charge is 0.364 e. The van der Waals surface area contributed by atoms with E-state index in [9.17, 15) is 4.79 Å². The highest BCUT2D eigenvalue weighted by molar-refractivity contribution is 5.81. The number of rotatable bonds is 5. The van der Waals surface area contributed by atoms with E-state index in [4.69, 9.17) is 10.5 Å². The fraction of sp³-hybridized carbons (Fsp3) is 0.929. The van der Waals surface area contributed by atoms with E-state index in [1.807, 2.05) is 0 Å². The summed E-state index contributed by atoms with van der Waals surface area (Å²) in [6, 6.07) is 0.186. The van der Waals surface area contributed by atoms with E-state index < -0.39 is 0 Å². The zero-order valence-corrected chi connectivity index (χ0v) is 11.9. The number of carbonyl (C=O) groups is 1. The van der Waals surface area contributed by atoms with Gasteiger partial charge in [0.05, 0.1) is 6.10 Å². The van der Waals surface area contributed by atoms with Crippen molar-refractivity contribution < 1.29 is 9.53 Å². The van der Waals surface area contributed by atoms with Crippen molar-refractivity contribution >= 4 is 5.91 Å². The van der Waals surface area contributed by atoms with Crippen LogP contribution in [0.4, 0.5) is 0 Å². The summed E-state index contributed by atoms with van der Waals surface area (Å²) in [4.78, 5) is 14.5. The molecule has 5 nitrogen and oxygen atoms in total.